The molecular weight excluding hydrogens is 558 g/mol. The van der Waals surface area contributed by atoms with Crippen molar-refractivity contribution in [2.75, 3.05) is 50.7 Å². The van der Waals surface area contributed by atoms with Crippen molar-refractivity contribution in [3.63, 3.8) is 0 Å². The van der Waals surface area contributed by atoms with Gasteiger partial charge in [0.05, 0.1) is 6.04 Å². The van der Waals surface area contributed by atoms with Crippen molar-refractivity contribution in [3.8, 4) is 0 Å². The van der Waals surface area contributed by atoms with E-state index in [1.807, 2.05) is 0 Å². The minimum atomic E-state index is -4.89. The predicted molar refractivity (Wildman–Crippen MR) is 131 cm³/mol. The Kier molecular flexibility index (Phi) is 8.10. The average molecular weight is 587 g/mol. The molecule has 2 aliphatic heterocycles. The van der Waals surface area contributed by atoms with Crippen LogP contribution in [-0.2, 0) is 15.6 Å². The largest absolute Gasteiger partial charge is 0.421 e. The molecule has 3 heterocycles. The summed E-state index contributed by atoms with van der Waals surface area (Å²) in [5, 5.41) is 14.1. The van der Waals surface area contributed by atoms with E-state index >= 15 is 0 Å². The number of hydrogen-bond donors (Lipinski definition) is 2. The van der Waals surface area contributed by atoms with E-state index in [-0.39, 0.29) is 49.0 Å². The Bertz CT molecular complexity index is 1190. The topological polar surface area (TPSA) is 76.1 Å². The lowest BCUT2D eigenvalue weighted by molar-refractivity contribution is -0.258. The highest BCUT2D eigenvalue weighted by molar-refractivity contribution is 7.91. The summed E-state index contributed by atoms with van der Waals surface area (Å²) in [5.41, 5.74) is -2.95. The van der Waals surface area contributed by atoms with Crippen molar-refractivity contribution < 1.29 is 39.9 Å². The third kappa shape index (κ3) is 5.97. The maximum atomic E-state index is 13.3. The minimum Gasteiger partial charge on any atom is -0.376 e. The van der Waals surface area contributed by atoms with Crippen LogP contribution in [0.15, 0.2) is 46.0 Å². The molecule has 1 aromatic heterocycles. The fraction of sp³-hybridized carbons (Fsp3) is 0.565. The summed E-state index contributed by atoms with van der Waals surface area (Å²) in [6.07, 6.45) is -9.33. The number of piperazine rings is 2. The van der Waals surface area contributed by atoms with Gasteiger partial charge in [0.2, 0.25) is 0 Å². The summed E-state index contributed by atoms with van der Waals surface area (Å²) in [6, 6.07) is 5.92. The zero-order chi connectivity index (χ0) is 27.9. The molecule has 2 unspecified atom stereocenters. The molecule has 0 amide bonds. The van der Waals surface area contributed by atoms with Gasteiger partial charge in [0.15, 0.2) is 5.60 Å². The first kappa shape index (κ1) is 29.1. The molecule has 2 aliphatic rings. The van der Waals surface area contributed by atoms with E-state index in [1.54, 1.807) is 21.2 Å². The van der Waals surface area contributed by atoms with Gasteiger partial charge in [-0.05, 0) is 36.1 Å². The van der Waals surface area contributed by atoms with Crippen LogP contribution in [0.1, 0.15) is 12.5 Å². The number of thiophene rings is 1. The van der Waals surface area contributed by atoms with E-state index in [1.165, 1.54) is 22.5 Å². The van der Waals surface area contributed by atoms with Crippen LogP contribution >= 0.6 is 11.3 Å². The number of aliphatic hydroxyl groups is 1. The Balaban J connectivity index is 1.60. The Hall–Kier alpha value is -1.91. The molecule has 2 N–H and O–H groups in total. The number of alkyl halides is 6. The molecule has 2 saturated heterocycles. The van der Waals surface area contributed by atoms with Crippen molar-refractivity contribution in [2.24, 2.45) is 0 Å². The first-order valence-corrected chi connectivity index (χ1v) is 14.1. The summed E-state index contributed by atoms with van der Waals surface area (Å²) in [4.78, 5) is 3.42. The Morgan fingerprint density at radius 2 is 1.71 bits per heavy atom. The molecule has 212 valence electrons. The van der Waals surface area contributed by atoms with E-state index in [0.29, 0.717) is 19.2 Å². The lowest BCUT2D eigenvalue weighted by atomic mass is 9.95. The zero-order valence-electron chi connectivity index (χ0n) is 20.3. The molecule has 4 rings (SSSR count). The second-order valence-electron chi connectivity index (χ2n) is 9.57. The molecule has 3 atom stereocenters. The van der Waals surface area contributed by atoms with Crippen molar-refractivity contribution >= 4 is 27.0 Å². The first-order chi connectivity index (χ1) is 17.6. The summed E-state index contributed by atoms with van der Waals surface area (Å²) in [6.45, 7) is 1.15. The highest BCUT2D eigenvalue weighted by Gasteiger charge is 2.51. The van der Waals surface area contributed by atoms with Gasteiger partial charge in [-0.2, -0.15) is 30.6 Å². The van der Waals surface area contributed by atoms with E-state index < -0.39 is 40.1 Å². The van der Waals surface area contributed by atoms with Gasteiger partial charge in [-0.3, -0.25) is 4.90 Å². The smallest absolute Gasteiger partial charge is 0.376 e. The second kappa shape index (κ2) is 10.6. The standard InChI is InChI=1S/C23H28F6N4O3S2/c1-21(34,23(27,28)29)16-4-6-17(7-5-16)33-11-10-32(38(35,36)20-3-2-12-37-20)14-18(33)13-31-9-8-30-19(15-31)22(24,25)26/h2-7,12,18-19,30,34H,8-11,13-15H2,1H3/t18-,19?,21?/m0/s1. The molecule has 0 spiro atoms. The Morgan fingerprint density at radius 3 is 2.29 bits per heavy atom. The van der Waals surface area contributed by atoms with Crippen LogP contribution in [0.2, 0.25) is 0 Å². The van der Waals surface area contributed by atoms with Gasteiger partial charge >= 0.3 is 12.4 Å². The monoisotopic (exact) mass is 586 g/mol. The van der Waals surface area contributed by atoms with Crippen LogP contribution in [0.3, 0.4) is 0 Å². The summed E-state index contributed by atoms with van der Waals surface area (Å²) < 4.78 is 108. The number of nitrogens with one attached hydrogen (secondary N) is 1. The number of nitrogens with zero attached hydrogens (tertiary/aromatic N) is 3. The molecule has 0 aliphatic carbocycles. The highest BCUT2D eigenvalue weighted by Crippen LogP contribution is 2.39. The number of anilines is 1. The minimum absolute atomic E-state index is 0.0110. The third-order valence-corrected chi connectivity index (χ3v) is 10.2. The van der Waals surface area contributed by atoms with Crippen LogP contribution in [0.4, 0.5) is 32.0 Å². The maximum Gasteiger partial charge on any atom is 0.421 e. The molecule has 2 aromatic rings. The SMILES string of the molecule is CC(O)(c1ccc(N2CCN(S(=O)(=O)c3cccs3)C[C@@H]2CN2CCNC(C(F)(F)F)C2)cc1)C(F)(F)F. The van der Waals surface area contributed by atoms with Gasteiger partial charge in [-0.15, -0.1) is 11.3 Å². The number of sulfonamides is 1. The molecule has 38 heavy (non-hydrogen) atoms. The molecule has 0 bridgehead atoms. The number of hydrogen-bond acceptors (Lipinski definition) is 7. The number of benzene rings is 1. The maximum absolute atomic E-state index is 13.3. The molecule has 1 aromatic carbocycles. The normalized spacial score (nSPS) is 24.4. The lowest BCUT2D eigenvalue weighted by Crippen LogP contribution is -2.62. The molecule has 0 radical (unpaired) electrons. The Morgan fingerprint density at radius 1 is 1.03 bits per heavy atom. The van der Waals surface area contributed by atoms with Crippen LogP contribution < -0.4 is 10.2 Å². The van der Waals surface area contributed by atoms with Crippen molar-refractivity contribution in [1.82, 2.24) is 14.5 Å². The highest BCUT2D eigenvalue weighted by atomic mass is 32.2. The van der Waals surface area contributed by atoms with Gasteiger partial charge < -0.3 is 15.3 Å². The first-order valence-electron chi connectivity index (χ1n) is 11.8. The number of halogens is 6. The fourth-order valence-corrected chi connectivity index (χ4v) is 7.33. The van der Waals surface area contributed by atoms with E-state index in [0.717, 1.165) is 23.5 Å². The van der Waals surface area contributed by atoms with Crippen LogP contribution in [0.25, 0.3) is 0 Å². The van der Waals surface area contributed by atoms with E-state index in [2.05, 4.69) is 5.32 Å². The molecule has 15 heteroatoms. The van der Waals surface area contributed by atoms with Crippen LogP contribution in [0.5, 0.6) is 0 Å². The van der Waals surface area contributed by atoms with Crippen LogP contribution in [0, 0.1) is 0 Å². The van der Waals surface area contributed by atoms with Crippen molar-refractivity contribution in [2.45, 2.75) is 41.2 Å². The number of rotatable bonds is 6. The lowest BCUT2D eigenvalue weighted by Gasteiger charge is -2.45. The molecular formula is C23H28F6N4O3S2. The van der Waals surface area contributed by atoms with Crippen molar-refractivity contribution in [3.05, 3.63) is 47.3 Å². The summed E-state index contributed by atoms with van der Waals surface area (Å²) in [7, 11) is -3.82. The average Bonchev–Trinajstić information content (AvgIpc) is 3.39. The van der Waals surface area contributed by atoms with Gasteiger partial charge in [-0.1, -0.05) is 18.2 Å². The van der Waals surface area contributed by atoms with Gasteiger partial charge in [0.25, 0.3) is 10.0 Å². The Labute approximate surface area is 220 Å². The summed E-state index contributed by atoms with van der Waals surface area (Å²) in [5.74, 6) is 0. The fourth-order valence-electron chi connectivity index (χ4n) is 4.71. The predicted octanol–water partition coefficient (Wildman–Crippen LogP) is 3.23. The van der Waals surface area contributed by atoms with Gasteiger partial charge in [0, 0.05) is 51.5 Å². The second-order valence-corrected chi connectivity index (χ2v) is 12.7. The van der Waals surface area contributed by atoms with Crippen molar-refractivity contribution in [1.29, 1.82) is 0 Å². The van der Waals surface area contributed by atoms with E-state index in [4.69, 9.17) is 0 Å². The quantitative estimate of drug-likeness (QED) is 0.507. The third-order valence-electron chi connectivity index (χ3n) is 6.97. The zero-order valence-corrected chi connectivity index (χ0v) is 22.0. The molecule has 2 fully saturated rings. The molecule has 7 nitrogen and oxygen atoms in total. The summed E-state index contributed by atoms with van der Waals surface area (Å²) >= 11 is 1.06. The van der Waals surface area contributed by atoms with Gasteiger partial charge in [0.1, 0.15) is 10.3 Å². The van der Waals surface area contributed by atoms with Gasteiger partial charge in [-0.25, -0.2) is 8.42 Å². The molecule has 0 saturated carbocycles. The van der Waals surface area contributed by atoms with Crippen LogP contribution in [-0.4, -0.2) is 93.0 Å². The van der Waals surface area contributed by atoms with E-state index in [9.17, 15) is 39.9 Å².